The van der Waals surface area contributed by atoms with Crippen LogP contribution in [-0.4, -0.2) is 31.9 Å². The molecule has 1 amide bonds. The number of fused-ring (bicyclic) bond motifs is 1. The first-order chi connectivity index (χ1) is 14.6. The first-order valence-corrected chi connectivity index (χ1v) is 11.4. The van der Waals surface area contributed by atoms with Crippen LogP contribution >= 0.6 is 23.2 Å². The molecule has 0 aliphatic heterocycles. The number of aromatic nitrogens is 3. The molecule has 3 aromatic rings. The molecule has 1 fully saturated rings. The second kappa shape index (κ2) is 9.36. The van der Waals surface area contributed by atoms with Crippen molar-refractivity contribution in [2.24, 2.45) is 0 Å². The molecule has 2 aromatic heterocycles. The van der Waals surface area contributed by atoms with Gasteiger partial charge in [-0.3, -0.25) is 4.79 Å². The number of hydrogen-bond acceptors (Lipinski definition) is 3. The third-order valence-corrected chi connectivity index (χ3v) is 6.32. The normalized spacial score (nSPS) is 14.5. The number of amides is 1. The predicted molar refractivity (Wildman–Crippen MR) is 121 cm³/mol. The van der Waals surface area contributed by atoms with Gasteiger partial charge in [0.15, 0.2) is 5.65 Å². The van der Waals surface area contributed by atoms with Crippen LogP contribution in [0.1, 0.15) is 67.7 Å². The van der Waals surface area contributed by atoms with E-state index in [4.69, 9.17) is 28.2 Å². The van der Waals surface area contributed by atoms with E-state index in [0.29, 0.717) is 34.7 Å². The molecule has 1 saturated carbocycles. The molecule has 0 radical (unpaired) electrons. The molecule has 158 valence electrons. The fourth-order valence-electron chi connectivity index (χ4n) is 4.24. The minimum atomic E-state index is -0.0943. The second-order valence-corrected chi connectivity index (χ2v) is 8.73. The Balaban J connectivity index is 1.70. The fraction of sp³-hybridized carbons (Fsp3) is 0.435. The SMILES string of the molecule is CCCCN(Cc1nc2cccnc2n1C1CCCC1)C(=O)c1ccc(Cl)cc1Cl. The van der Waals surface area contributed by atoms with Crippen LogP contribution in [-0.2, 0) is 6.54 Å². The minimum Gasteiger partial charge on any atom is -0.331 e. The fourth-order valence-corrected chi connectivity index (χ4v) is 4.73. The van der Waals surface area contributed by atoms with Gasteiger partial charge in [-0.2, -0.15) is 0 Å². The molecular formula is C23H26Cl2N4O. The van der Waals surface area contributed by atoms with Crippen molar-refractivity contribution in [1.82, 2.24) is 19.4 Å². The quantitative estimate of drug-likeness (QED) is 0.429. The summed E-state index contributed by atoms with van der Waals surface area (Å²) in [7, 11) is 0. The molecule has 0 N–H and O–H groups in total. The van der Waals surface area contributed by atoms with Crippen LogP contribution in [0, 0.1) is 0 Å². The Bertz CT molecular complexity index is 1040. The molecule has 4 rings (SSSR count). The Kier molecular flexibility index (Phi) is 6.59. The van der Waals surface area contributed by atoms with E-state index >= 15 is 0 Å². The smallest absolute Gasteiger partial charge is 0.255 e. The highest BCUT2D eigenvalue weighted by atomic mass is 35.5. The van der Waals surface area contributed by atoms with Gasteiger partial charge in [0.1, 0.15) is 11.3 Å². The van der Waals surface area contributed by atoms with E-state index in [9.17, 15) is 4.79 Å². The zero-order chi connectivity index (χ0) is 21.1. The lowest BCUT2D eigenvalue weighted by Gasteiger charge is -2.24. The summed E-state index contributed by atoms with van der Waals surface area (Å²) in [5, 5.41) is 0.894. The van der Waals surface area contributed by atoms with E-state index in [1.807, 2.05) is 23.2 Å². The number of hydrogen-bond donors (Lipinski definition) is 0. The first-order valence-electron chi connectivity index (χ1n) is 10.6. The largest absolute Gasteiger partial charge is 0.331 e. The molecule has 1 aromatic carbocycles. The topological polar surface area (TPSA) is 51.0 Å². The van der Waals surface area contributed by atoms with Crippen LogP contribution < -0.4 is 0 Å². The molecule has 1 aliphatic carbocycles. The van der Waals surface area contributed by atoms with Gasteiger partial charge in [-0.15, -0.1) is 0 Å². The number of halogens is 2. The van der Waals surface area contributed by atoms with Crippen LogP contribution in [0.3, 0.4) is 0 Å². The Morgan fingerprint density at radius 2 is 2.03 bits per heavy atom. The summed E-state index contributed by atoms with van der Waals surface area (Å²) in [4.78, 5) is 24.7. The standard InChI is InChI=1S/C23H26Cl2N4O/c1-2-3-13-28(23(30)18-11-10-16(24)14-19(18)25)15-21-27-20-9-6-12-26-22(20)29(21)17-7-4-5-8-17/h6,9-12,14,17H,2-5,7-8,13,15H2,1H3. The molecule has 0 bridgehead atoms. The summed E-state index contributed by atoms with van der Waals surface area (Å²) >= 11 is 12.4. The number of pyridine rings is 1. The van der Waals surface area contributed by atoms with Crippen molar-refractivity contribution in [2.45, 2.75) is 58.0 Å². The zero-order valence-corrected chi connectivity index (χ0v) is 18.7. The zero-order valence-electron chi connectivity index (χ0n) is 17.2. The van der Waals surface area contributed by atoms with Gasteiger partial charge in [0.05, 0.1) is 17.1 Å². The van der Waals surface area contributed by atoms with Crippen molar-refractivity contribution >= 4 is 40.3 Å². The molecule has 7 heteroatoms. The molecular weight excluding hydrogens is 419 g/mol. The summed E-state index contributed by atoms with van der Waals surface area (Å²) in [6.45, 7) is 3.20. The lowest BCUT2D eigenvalue weighted by atomic mass is 10.1. The number of imidazole rings is 1. The van der Waals surface area contributed by atoms with Crippen LogP contribution in [0.5, 0.6) is 0 Å². The molecule has 5 nitrogen and oxygen atoms in total. The lowest BCUT2D eigenvalue weighted by molar-refractivity contribution is 0.0734. The molecule has 2 heterocycles. The maximum atomic E-state index is 13.4. The highest BCUT2D eigenvalue weighted by Crippen LogP contribution is 2.33. The third-order valence-electron chi connectivity index (χ3n) is 5.77. The first kappa shape index (κ1) is 21.1. The summed E-state index contributed by atoms with van der Waals surface area (Å²) in [6.07, 6.45) is 8.41. The van der Waals surface area contributed by atoms with Crippen molar-refractivity contribution in [3.05, 3.63) is 58.0 Å². The van der Waals surface area contributed by atoms with Gasteiger partial charge in [-0.05, 0) is 49.6 Å². The van der Waals surface area contributed by atoms with Gasteiger partial charge in [0, 0.05) is 23.8 Å². The Hall–Kier alpha value is -2.11. The number of nitrogens with zero attached hydrogens (tertiary/aromatic N) is 4. The molecule has 30 heavy (non-hydrogen) atoms. The van der Waals surface area contributed by atoms with E-state index in [1.54, 1.807) is 18.2 Å². The highest BCUT2D eigenvalue weighted by Gasteiger charge is 2.26. The lowest BCUT2D eigenvalue weighted by Crippen LogP contribution is -2.33. The van der Waals surface area contributed by atoms with Gasteiger partial charge < -0.3 is 9.47 Å². The van der Waals surface area contributed by atoms with Crippen molar-refractivity contribution in [1.29, 1.82) is 0 Å². The summed E-state index contributed by atoms with van der Waals surface area (Å²) in [5.74, 6) is 0.799. The van der Waals surface area contributed by atoms with Gasteiger partial charge in [-0.1, -0.05) is 49.4 Å². The van der Waals surface area contributed by atoms with Crippen LogP contribution in [0.2, 0.25) is 10.0 Å². The summed E-state index contributed by atoms with van der Waals surface area (Å²) in [5.41, 5.74) is 2.26. The average Bonchev–Trinajstić information content (AvgIpc) is 3.37. The molecule has 0 atom stereocenters. The monoisotopic (exact) mass is 444 g/mol. The van der Waals surface area contributed by atoms with E-state index in [-0.39, 0.29) is 5.91 Å². The van der Waals surface area contributed by atoms with Gasteiger partial charge in [-0.25, -0.2) is 9.97 Å². The predicted octanol–water partition coefficient (Wildman–Crippen LogP) is 6.30. The van der Waals surface area contributed by atoms with Crippen molar-refractivity contribution in [2.75, 3.05) is 6.54 Å². The number of carbonyl (C=O) groups excluding carboxylic acids is 1. The van der Waals surface area contributed by atoms with E-state index < -0.39 is 0 Å². The van der Waals surface area contributed by atoms with Crippen molar-refractivity contribution in [3.8, 4) is 0 Å². The number of benzene rings is 1. The minimum absolute atomic E-state index is 0.0943. The third kappa shape index (κ3) is 4.33. The Morgan fingerprint density at radius 3 is 2.77 bits per heavy atom. The van der Waals surface area contributed by atoms with Crippen LogP contribution in [0.15, 0.2) is 36.5 Å². The molecule has 0 spiro atoms. The second-order valence-electron chi connectivity index (χ2n) is 7.89. The van der Waals surface area contributed by atoms with E-state index in [2.05, 4.69) is 16.5 Å². The van der Waals surface area contributed by atoms with Crippen LogP contribution in [0.25, 0.3) is 11.2 Å². The highest BCUT2D eigenvalue weighted by molar-refractivity contribution is 6.36. The molecule has 0 saturated heterocycles. The number of rotatable bonds is 7. The maximum Gasteiger partial charge on any atom is 0.255 e. The summed E-state index contributed by atoms with van der Waals surface area (Å²) < 4.78 is 2.26. The number of unbranched alkanes of at least 4 members (excludes halogenated alkanes) is 1. The maximum absolute atomic E-state index is 13.4. The molecule has 0 unspecified atom stereocenters. The van der Waals surface area contributed by atoms with Gasteiger partial charge in [0.25, 0.3) is 5.91 Å². The Labute approximate surface area is 187 Å². The van der Waals surface area contributed by atoms with Crippen LogP contribution in [0.4, 0.5) is 0 Å². The average molecular weight is 445 g/mol. The summed E-state index contributed by atoms with van der Waals surface area (Å²) in [6, 6.07) is 9.31. The van der Waals surface area contributed by atoms with Gasteiger partial charge >= 0.3 is 0 Å². The number of carbonyl (C=O) groups is 1. The van der Waals surface area contributed by atoms with E-state index in [1.165, 1.54) is 12.8 Å². The van der Waals surface area contributed by atoms with Gasteiger partial charge in [0.2, 0.25) is 0 Å². The van der Waals surface area contributed by atoms with E-state index in [0.717, 1.165) is 42.7 Å². The molecule has 1 aliphatic rings. The Morgan fingerprint density at radius 1 is 1.23 bits per heavy atom. The van der Waals surface area contributed by atoms with Crippen molar-refractivity contribution < 1.29 is 4.79 Å². The van der Waals surface area contributed by atoms with Crippen molar-refractivity contribution in [3.63, 3.8) is 0 Å².